The number of nitrogens with zero attached hydrogens (tertiary/aromatic N) is 3. The second kappa shape index (κ2) is 8.41. The second-order valence-electron chi connectivity index (χ2n) is 8.84. The molecular formula is C25H26N4O4S. The van der Waals surface area contributed by atoms with E-state index in [4.69, 9.17) is 0 Å². The molecule has 2 saturated heterocycles. The number of hydrogen-bond donors (Lipinski definition) is 1. The number of imide groups is 1. The molecule has 2 aliphatic rings. The lowest BCUT2D eigenvalue weighted by atomic mass is 10.1. The zero-order valence-corrected chi connectivity index (χ0v) is 19.8. The highest BCUT2D eigenvalue weighted by molar-refractivity contribution is 7.89. The van der Waals surface area contributed by atoms with Crippen LogP contribution in [0.5, 0.6) is 0 Å². The van der Waals surface area contributed by atoms with Crippen LogP contribution in [-0.4, -0.2) is 62.3 Å². The average Bonchev–Trinajstić information content (AvgIpc) is 3.26. The number of carbonyl (C=O) groups is 2. The number of hydrogen-bond acceptors (Lipinski definition) is 5. The molecule has 0 aliphatic carbocycles. The van der Waals surface area contributed by atoms with Gasteiger partial charge in [0.05, 0.1) is 17.5 Å². The van der Waals surface area contributed by atoms with Gasteiger partial charge in [0, 0.05) is 37.1 Å². The molecule has 9 heteroatoms. The van der Waals surface area contributed by atoms with Crippen molar-refractivity contribution in [1.29, 1.82) is 0 Å². The summed E-state index contributed by atoms with van der Waals surface area (Å²) in [6.07, 6.45) is 0.383. The first kappa shape index (κ1) is 22.4. The molecule has 3 aromatic rings. The normalized spacial score (nSPS) is 20.9. The van der Waals surface area contributed by atoms with Gasteiger partial charge in [0.15, 0.2) is 0 Å². The maximum atomic E-state index is 13.9. The summed E-state index contributed by atoms with van der Waals surface area (Å²) < 4.78 is 29.1. The van der Waals surface area contributed by atoms with Crippen LogP contribution in [0.25, 0.3) is 10.8 Å². The smallest absolute Gasteiger partial charge is 0.324 e. The lowest BCUT2D eigenvalue weighted by Gasteiger charge is -2.36. The van der Waals surface area contributed by atoms with Gasteiger partial charge in [-0.05, 0) is 24.1 Å². The summed E-state index contributed by atoms with van der Waals surface area (Å²) in [5.41, 5.74) is 1.70. The highest BCUT2D eigenvalue weighted by Gasteiger charge is 2.52. The minimum Gasteiger partial charge on any atom is -0.377 e. The van der Waals surface area contributed by atoms with Crippen molar-refractivity contribution >= 4 is 38.4 Å². The zero-order chi connectivity index (χ0) is 24.0. The molecule has 2 atom stereocenters. The number of sulfonamides is 1. The van der Waals surface area contributed by atoms with Crippen LogP contribution in [0.4, 0.5) is 10.5 Å². The van der Waals surface area contributed by atoms with Gasteiger partial charge in [0.2, 0.25) is 10.0 Å². The van der Waals surface area contributed by atoms with Gasteiger partial charge in [0.25, 0.3) is 5.91 Å². The Hall–Kier alpha value is -3.43. The Bertz CT molecular complexity index is 1370. The molecule has 3 aromatic carbocycles. The standard InChI is InChI=1S/C25H26N4O4S/c1-27(2)21-12-6-11-19-18(21)10-7-13-22(19)34(32,33)29-15-14-20-23(29)24(30)28(25(31)26-20)16-17-8-4-3-5-9-17/h3-13,20,23H,14-16H2,1-2H3,(H,26,31). The highest BCUT2D eigenvalue weighted by Crippen LogP contribution is 2.35. The molecule has 2 heterocycles. The molecule has 0 bridgehead atoms. The molecule has 5 rings (SSSR count). The number of urea groups is 1. The summed E-state index contributed by atoms with van der Waals surface area (Å²) in [7, 11) is -0.192. The summed E-state index contributed by atoms with van der Waals surface area (Å²) >= 11 is 0. The minimum absolute atomic E-state index is 0.0864. The van der Waals surface area contributed by atoms with Gasteiger partial charge in [-0.2, -0.15) is 4.31 Å². The van der Waals surface area contributed by atoms with Gasteiger partial charge < -0.3 is 10.2 Å². The third-order valence-corrected chi connectivity index (χ3v) is 8.47. The quantitative estimate of drug-likeness (QED) is 0.609. The van der Waals surface area contributed by atoms with Crippen LogP contribution in [0, 0.1) is 0 Å². The summed E-state index contributed by atoms with van der Waals surface area (Å²) in [6.45, 7) is 0.246. The van der Waals surface area contributed by atoms with E-state index in [1.54, 1.807) is 18.2 Å². The van der Waals surface area contributed by atoms with E-state index in [-0.39, 0.29) is 18.0 Å². The van der Waals surface area contributed by atoms with Crippen molar-refractivity contribution < 1.29 is 18.0 Å². The Morgan fingerprint density at radius 3 is 2.38 bits per heavy atom. The lowest BCUT2D eigenvalue weighted by molar-refractivity contribution is -0.134. The Balaban J connectivity index is 1.53. The monoisotopic (exact) mass is 478 g/mol. The van der Waals surface area contributed by atoms with Crippen LogP contribution in [-0.2, 0) is 21.4 Å². The Labute approximate surface area is 198 Å². The summed E-state index contributed by atoms with van der Waals surface area (Å²) in [5, 5.41) is 4.27. The van der Waals surface area contributed by atoms with Crippen molar-refractivity contribution in [1.82, 2.24) is 14.5 Å². The van der Waals surface area contributed by atoms with E-state index in [0.717, 1.165) is 21.5 Å². The van der Waals surface area contributed by atoms with Crippen molar-refractivity contribution in [2.75, 3.05) is 25.5 Å². The number of amides is 3. The van der Waals surface area contributed by atoms with Crippen LogP contribution in [0.2, 0.25) is 0 Å². The number of nitrogens with one attached hydrogen (secondary N) is 1. The summed E-state index contributed by atoms with van der Waals surface area (Å²) in [6, 6.07) is 17.9. The van der Waals surface area contributed by atoms with Crippen LogP contribution < -0.4 is 10.2 Å². The number of anilines is 1. The van der Waals surface area contributed by atoms with Gasteiger partial charge in [-0.1, -0.05) is 54.6 Å². The van der Waals surface area contributed by atoms with Crippen LogP contribution in [0.1, 0.15) is 12.0 Å². The molecule has 2 aliphatic heterocycles. The molecular weight excluding hydrogens is 452 g/mol. The van der Waals surface area contributed by atoms with E-state index in [1.165, 1.54) is 4.31 Å². The molecule has 2 unspecified atom stereocenters. The summed E-state index contributed by atoms with van der Waals surface area (Å²) in [4.78, 5) is 29.4. The third-order valence-electron chi connectivity index (χ3n) is 6.54. The number of rotatable bonds is 5. The number of carbonyl (C=O) groups excluding carboxylic acids is 2. The predicted molar refractivity (Wildman–Crippen MR) is 130 cm³/mol. The van der Waals surface area contributed by atoms with E-state index < -0.39 is 34.0 Å². The van der Waals surface area contributed by atoms with Gasteiger partial charge in [-0.25, -0.2) is 13.2 Å². The van der Waals surface area contributed by atoms with Crippen molar-refractivity contribution in [3.63, 3.8) is 0 Å². The minimum atomic E-state index is -4.01. The van der Waals surface area contributed by atoms with Gasteiger partial charge in [-0.15, -0.1) is 0 Å². The highest BCUT2D eigenvalue weighted by atomic mass is 32.2. The third kappa shape index (κ3) is 3.61. The fraction of sp³-hybridized carbons (Fsp3) is 0.280. The van der Waals surface area contributed by atoms with E-state index >= 15 is 0 Å². The molecule has 176 valence electrons. The molecule has 0 spiro atoms. The molecule has 34 heavy (non-hydrogen) atoms. The lowest BCUT2D eigenvalue weighted by Crippen LogP contribution is -2.64. The van der Waals surface area contributed by atoms with Crippen LogP contribution in [0.3, 0.4) is 0 Å². The average molecular weight is 479 g/mol. The van der Waals surface area contributed by atoms with E-state index in [9.17, 15) is 18.0 Å². The van der Waals surface area contributed by atoms with E-state index in [2.05, 4.69) is 5.32 Å². The molecule has 2 fully saturated rings. The Kier molecular flexibility index (Phi) is 5.53. The van der Waals surface area contributed by atoms with Crippen molar-refractivity contribution in [3.8, 4) is 0 Å². The first-order valence-corrected chi connectivity index (χ1v) is 12.6. The Morgan fingerprint density at radius 2 is 1.65 bits per heavy atom. The predicted octanol–water partition coefficient (Wildman–Crippen LogP) is 2.79. The topological polar surface area (TPSA) is 90.0 Å². The second-order valence-corrected chi connectivity index (χ2v) is 10.7. The fourth-order valence-electron chi connectivity index (χ4n) is 4.90. The number of benzene rings is 3. The van der Waals surface area contributed by atoms with Crippen molar-refractivity contribution in [2.24, 2.45) is 0 Å². The maximum absolute atomic E-state index is 13.9. The van der Waals surface area contributed by atoms with E-state index in [1.807, 2.05) is 67.5 Å². The van der Waals surface area contributed by atoms with Gasteiger partial charge >= 0.3 is 6.03 Å². The van der Waals surface area contributed by atoms with Crippen molar-refractivity contribution in [3.05, 3.63) is 72.3 Å². The van der Waals surface area contributed by atoms with E-state index in [0.29, 0.717) is 11.8 Å². The number of fused-ring (bicyclic) bond motifs is 2. The maximum Gasteiger partial charge on any atom is 0.324 e. The molecule has 0 radical (unpaired) electrons. The van der Waals surface area contributed by atoms with Gasteiger partial charge in [-0.3, -0.25) is 9.69 Å². The van der Waals surface area contributed by atoms with Crippen LogP contribution >= 0.6 is 0 Å². The molecule has 0 aromatic heterocycles. The fourth-order valence-corrected chi connectivity index (χ4v) is 6.74. The van der Waals surface area contributed by atoms with Gasteiger partial charge in [0.1, 0.15) is 6.04 Å². The SMILES string of the molecule is CN(C)c1cccc2c(S(=O)(=O)N3CCC4NC(=O)N(Cc5ccccc5)C(=O)C43)cccc12. The first-order valence-electron chi connectivity index (χ1n) is 11.2. The Morgan fingerprint density at radius 1 is 0.941 bits per heavy atom. The largest absolute Gasteiger partial charge is 0.377 e. The van der Waals surface area contributed by atoms with Crippen LogP contribution in [0.15, 0.2) is 71.6 Å². The van der Waals surface area contributed by atoms with Crippen molar-refractivity contribution in [2.45, 2.75) is 29.9 Å². The first-order chi connectivity index (χ1) is 16.3. The zero-order valence-electron chi connectivity index (χ0n) is 19.0. The summed E-state index contributed by atoms with van der Waals surface area (Å²) in [5.74, 6) is -0.493. The molecule has 1 N–H and O–H groups in total. The molecule has 0 saturated carbocycles. The molecule has 3 amide bonds. The molecule has 8 nitrogen and oxygen atoms in total.